The lowest BCUT2D eigenvalue weighted by molar-refractivity contribution is -0.715. The molecule has 2 aliphatic heterocycles. The van der Waals surface area contributed by atoms with Crippen LogP contribution in [0.2, 0.25) is 0 Å². The van der Waals surface area contributed by atoms with Crippen molar-refractivity contribution < 1.29 is 10.1 Å². The van der Waals surface area contributed by atoms with Crippen LogP contribution in [-0.4, -0.2) is 17.4 Å². The SMILES string of the molecule is Cc1cccc2c1NC(=O)[C@@]21[NH2+]C[C@@H](c2cccs2)c2c1[nH]c1ccccc21. The van der Waals surface area contributed by atoms with Gasteiger partial charge in [0.25, 0.3) is 5.91 Å². The smallest absolute Gasteiger partial charge is 0.297 e. The molecule has 4 aromatic rings. The number of hydrogen-bond donors (Lipinski definition) is 3. The molecule has 0 bridgehead atoms. The van der Waals surface area contributed by atoms with Crippen molar-refractivity contribution in [2.45, 2.75) is 18.4 Å². The molecular formula is C23H20N3OS+. The Hall–Kier alpha value is -2.89. The lowest BCUT2D eigenvalue weighted by Crippen LogP contribution is -2.99. The van der Waals surface area contributed by atoms with E-state index in [1.165, 1.54) is 15.8 Å². The Morgan fingerprint density at radius 1 is 1.11 bits per heavy atom. The Balaban J connectivity index is 1.69. The zero-order valence-corrected chi connectivity index (χ0v) is 16.3. The van der Waals surface area contributed by atoms with Gasteiger partial charge in [-0.15, -0.1) is 11.3 Å². The molecule has 1 amide bonds. The molecule has 0 radical (unpaired) electrons. The number of thiophene rings is 1. The highest BCUT2D eigenvalue weighted by molar-refractivity contribution is 7.10. The van der Waals surface area contributed by atoms with Crippen molar-refractivity contribution >= 4 is 33.8 Å². The van der Waals surface area contributed by atoms with Crippen LogP contribution in [0.25, 0.3) is 10.9 Å². The van der Waals surface area contributed by atoms with Crippen LogP contribution in [-0.2, 0) is 10.3 Å². The third kappa shape index (κ3) is 1.90. The first-order chi connectivity index (χ1) is 13.7. The molecule has 2 aromatic heterocycles. The Bertz CT molecular complexity index is 1240. The zero-order chi connectivity index (χ0) is 18.9. The molecule has 0 aliphatic carbocycles. The number of nitrogens with one attached hydrogen (secondary N) is 2. The maximum Gasteiger partial charge on any atom is 0.297 e. The van der Waals surface area contributed by atoms with E-state index < -0.39 is 5.54 Å². The summed E-state index contributed by atoms with van der Waals surface area (Å²) in [5.41, 5.74) is 5.78. The van der Waals surface area contributed by atoms with E-state index in [1.54, 1.807) is 11.3 Å². The monoisotopic (exact) mass is 386 g/mol. The Morgan fingerprint density at radius 2 is 2.00 bits per heavy atom. The fraction of sp³-hybridized carbons (Fsp3) is 0.174. The van der Waals surface area contributed by atoms with Gasteiger partial charge >= 0.3 is 0 Å². The molecule has 2 aromatic carbocycles. The number of anilines is 1. The molecule has 5 heteroatoms. The van der Waals surface area contributed by atoms with Crippen LogP contribution < -0.4 is 10.6 Å². The molecule has 0 fully saturated rings. The fourth-order valence-corrected chi connectivity index (χ4v) is 5.90. The van der Waals surface area contributed by atoms with Gasteiger partial charge in [0.15, 0.2) is 0 Å². The molecular weight excluding hydrogens is 366 g/mol. The average molecular weight is 387 g/mol. The number of rotatable bonds is 1. The molecule has 6 rings (SSSR count). The van der Waals surface area contributed by atoms with E-state index >= 15 is 0 Å². The van der Waals surface area contributed by atoms with Gasteiger partial charge < -0.3 is 15.6 Å². The quantitative estimate of drug-likeness (QED) is 0.461. The maximum absolute atomic E-state index is 13.4. The number of aromatic amines is 1. The number of carbonyl (C=O) groups is 1. The predicted molar refractivity (Wildman–Crippen MR) is 112 cm³/mol. The van der Waals surface area contributed by atoms with Crippen LogP contribution in [0.5, 0.6) is 0 Å². The molecule has 4 nitrogen and oxygen atoms in total. The van der Waals surface area contributed by atoms with Gasteiger partial charge in [0.05, 0.1) is 29.4 Å². The topological polar surface area (TPSA) is 61.5 Å². The van der Waals surface area contributed by atoms with Gasteiger partial charge in [0.2, 0.25) is 5.54 Å². The van der Waals surface area contributed by atoms with Crippen LogP contribution in [0, 0.1) is 6.92 Å². The van der Waals surface area contributed by atoms with Crippen LogP contribution in [0.1, 0.15) is 33.2 Å². The molecule has 138 valence electrons. The zero-order valence-electron chi connectivity index (χ0n) is 15.5. The van der Waals surface area contributed by atoms with E-state index in [4.69, 9.17) is 0 Å². The number of H-pyrrole nitrogens is 1. The highest BCUT2D eigenvalue weighted by atomic mass is 32.1. The van der Waals surface area contributed by atoms with Crippen molar-refractivity contribution in [2.24, 2.45) is 0 Å². The number of quaternary nitrogens is 1. The minimum Gasteiger partial charge on any atom is -0.352 e. The van der Waals surface area contributed by atoms with Crippen molar-refractivity contribution in [1.29, 1.82) is 0 Å². The van der Waals surface area contributed by atoms with Crippen LogP contribution in [0.3, 0.4) is 0 Å². The summed E-state index contributed by atoms with van der Waals surface area (Å²) >= 11 is 1.79. The first-order valence-corrected chi connectivity index (χ1v) is 10.5. The summed E-state index contributed by atoms with van der Waals surface area (Å²) in [4.78, 5) is 18.4. The van der Waals surface area contributed by atoms with E-state index in [0.29, 0.717) is 0 Å². The van der Waals surface area contributed by atoms with Crippen molar-refractivity contribution in [1.82, 2.24) is 4.98 Å². The van der Waals surface area contributed by atoms with Crippen molar-refractivity contribution in [2.75, 3.05) is 11.9 Å². The molecule has 0 unspecified atom stereocenters. The summed E-state index contributed by atoms with van der Waals surface area (Å²) in [5, 5.41) is 8.76. The van der Waals surface area contributed by atoms with Crippen LogP contribution >= 0.6 is 11.3 Å². The highest BCUT2D eigenvalue weighted by Gasteiger charge is 2.58. The number of fused-ring (bicyclic) bond motifs is 6. The number of aryl methyl sites for hydroxylation is 1. The second-order valence-corrected chi connectivity index (χ2v) is 8.71. The van der Waals surface area contributed by atoms with Gasteiger partial charge in [-0.3, -0.25) is 4.79 Å². The number of benzene rings is 2. The summed E-state index contributed by atoms with van der Waals surface area (Å²) in [6.45, 7) is 2.90. The van der Waals surface area contributed by atoms with Gasteiger partial charge in [-0.1, -0.05) is 36.4 Å². The largest absolute Gasteiger partial charge is 0.352 e. The van der Waals surface area contributed by atoms with Crippen molar-refractivity contribution in [3.8, 4) is 0 Å². The van der Waals surface area contributed by atoms with Crippen molar-refractivity contribution in [3.63, 3.8) is 0 Å². The number of nitrogens with two attached hydrogens (primary N) is 1. The lowest BCUT2D eigenvalue weighted by Gasteiger charge is -2.33. The predicted octanol–water partition coefficient (Wildman–Crippen LogP) is 3.44. The van der Waals surface area contributed by atoms with Gasteiger partial charge in [-0.05, 0) is 36.1 Å². The molecule has 1 spiro atoms. The molecule has 4 heterocycles. The van der Waals surface area contributed by atoms with E-state index in [0.717, 1.165) is 34.6 Å². The minimum absolute atomic E-state index is 0.0502. The Kier molecular flexibility index (Phi) is 3.20. The number of para-hydroxylation sites is 2. The lowest BCUT2D eigenvalue weighted by atomic mass is 9.77. The van der Waals surface area contributed by atoms with E-state index in [1.807, 2.05) is 6.07 Å². The molecule has 4 N–H and O–H groups in total. The number of amides is 1. The van der Waals surface area contributed by atoms with Gasteiger partial charge in [0.1, 0.15) is 0 Å². The van der Waals surface area contributed by atoms with E-state index in [9.17, 15) is 4.79 Å². The third-order valence-electron chi connectivity index (χ3n) is 6.33. The fourth-order valence-electron chi connectivity index (χ4n) is 5.05. The normalized spacial score (nSPS) is 23.0. The van der Waals surface area contributed by atoms with Gasteiger partial charge in [-0.25, -0.2) is 0 Å². The second kappa shape index (κ2) is 5.56. The second-order valence-electron chi connectivity index (χ2n) is 7.73. The highest BCUT2D eigenvalue weighted by Crippen LogP contribution is 2.47. The maximum atomic E-state index is 13.4. The summed E-state index contributed by atoms with van der Waals surface area (Å²) in [7, 11) is 0. The molecule has 0 saturated carbocycles. The first kappa shape index (κ1) is 16.1. The van der Waals surface area contributed by atoms with Gasteiger partial charge in [0, 0.05) is 21.3 Å². The first-order valence-electron chi connectivity index (χ1n) is 9.60. The van der Waals surface area contributed by atoms with Crippen LogP contribution in [0.4, 0.5) is 5.69 Å². The van der Waals surface area contributed by atoms with Crippen LogP contribution in [0.15, 0.2) is 60.0 Å². The summed E-state index contributed by atoms with van der Waals surface area (Å²) in [6.07, 6.45) is 0. The average Bonchev–Trinajstić information content (AvgIpc) is 3.42. The minimum atomic E-state index is -0.747. The molecule has 0 saturated heterocycles. The van der Waals surface area contributed by atoms with E-state index in [2.05, 4.69) is 76.5 Å². The molecule has 2 atom stereocenters. The van der Waals surface area contributed by atoms with E-state index in [-0.39, 0.29) is 11.8 Å². The Morgan fingerprint density at radius 3 is 2.86 bits per heavy atom. The number of hydrogen-bond acceptors (Lipinski definition) is 2. The van der Waals surface area contributed by atoms with Crippen molar-refractivity contribution in [3.05, 3.63) is 87.2 Å². The Labute approximate surface area is 166 Å². The van der Waals surface area contributed by atoms with Gasteiger partial charge in [-0.2, -0.15) is 0 Å². The number of carbonyl (C=O) groups excluding carboxylic acids is 1. The summed E-state index contributed by atoms with van der Waals surface area (Å²) < 4.78 is 0. The molecule has 28 heavy (non-hydrogen) atoms. The molecule has 2 aliphatic rings. The summed E-state index contributed by atoms with van der Waals surface area (Å²) in [6, 6.07) is 18.9. The standard InChI is InChI=1S/C23H19N3OS/c1-13-6-4-8-16-20(13)26-22(27)23(16)21-19(14-7-2-3-9-17(14)25-21)15(12-24-23)18-10-5-11-28-18/h2-11,15,24-25H,12H2,1H3,(H,26,27)/p+1/t15-,23+/m0/s1. The number of aromatic nitrogens is 1. The third-order valence-corrected chi connectivity index (χ3v) is 7.32. The summed E-state index contributed by atoms with van der Waals surface area (Å²) in [5.74, 6) is 0.327.